The number of benzene rings is 2. The Hall–Kier alpha value is -1.54. The zero-order valence-electron chi connectivity index (χ0n) is 13.3. The van der Waals surface area contributed by atoms with E-state index in [0.29, 0.717) is 12.5 Å². The molecule has 2 nitrogen and oxygen atoms in total. The molecule has 1 atom stereocenters. The van der Waals surface area contributed by atoms with Crippen LogP contribution in [0.25, 0.3) is 10.8 Å². The molecule has 0 amide bonds. The lowest BCUT2D eigenvalue weighted by Gasteiger charge is -2.18. The first-order valence-corrected chi connectivity index (χ1v) is 8.13. The first-order chi connectivity index (χ1) is 10.3. The largest absolute Gasteiger partial charge is 0.493 e. The Bertz CT molecular complexity index is 564. The summed E-state index contributed by atoms with van der Waals surface area (Å²) in [5.41, 5.74) is 7.08. The highest BCUT2D eigenvalue weighted by Gasteiger charge is 2.11. The predicted molar refractivity (Wildman–Crippen MR) is 90.6 cm³/mol. The summed E-state index contributed by atoms with van der Waals surface area (Å²) in [7, 11) is 0. The highest BCUT2D eigenvalue weighted by molar-refractivity contribution is 5.87. The number of rotatable bonds is 8. The fourth-order valence-corrected chi connectivity index (χ4v) is 2.77. The van der Waals surface area contributed by atoms with Crippen molar-refractivity contribution in [1.82, 2.24) is 0 Å². The van der Waals surface area contributed by atoms with Gasteiger partial charge in [0, 0.05) is 12.1 Å². The summed E-state index contributed by atoms with van der Waals surface area (Å²) in [5.74, 6) is 1.59. The van der Waals surface area contributed by atoms with Gasteiger partial charge in [-0.05, 0) is 29.2 Å². The van der Waals surface area contributed by atoms with E-state index >= 15 is 0 Å². The van der Waals surface area contributed by atoms with Crippen LogP contribution in [0.1, 0.15) is 45.1 Å². The number of ether oxygens (including phenoxy) is 1. The quantitative estimate of drug-likeness (QED) is 0.749. The maximum atomic E-state index is 6.11. The number of unbranched alkanes of at least 4 members (excludes halogenated alkanes) is 1. The molecule has 0 spiro atoms. The molecule has 0 aliphatic rings. The summed E-state index contributed by atoms with van der Waals surface area (Å²) in [5, 5.41) is 2.43. The van der Waals surface area contributed by atoms with Gasteiger partial charge in [-0.1, -0.05) is 63.4 Å². The van der Waals surface area contributed by atoms with Gasteiger partial charge in [0.25, 0.3) is 0 Å². The minimum absolute atomic E-state index is 0.516. The number of fused-ring (bicyclic) bond motifs is 1. The van der Waals surface area contributed by atoms with Crippen molar-refractivity contribution in [1.29, 1.82) is 0 Å². The fraction of sp³-hybridized carbons (Fsp3) is 0.474. The van der Waals surface area contributed by atoms with Crippen LogP contribution < -0.4 is 10.5 Å². The van der Waals surface area contributed by atoms with E-state index in [4.69, 9.17) is 10.5 Å². The van der Waals surface area contributed by atoms with Crippen LogP contribution in [0.3, 0.4) is 0 Å². The normalized spacial score (nSPS) is 12.5. The molecule has 0 aliphatic carbocycles. The van der Waals surface area contributed by atoms with Crippen LogP contribution >= 0.6 is 0 Å². The molecule has 21 heavy (non-hydrogen) atoms. The molecular weight excluding hydrogens is 258 g/mol. The first-order valence-electron chi connectivity index (χ1n) is 8.13. The Morgan fingerprint density at radius 3 is 2.62 bits per heavy atom. The summed E-state index contributed by atoms with van der Waals surface area (Å²) >= 11 is 0. The molecule has 0 saturated carbocycles. The minimum Gasteiger partial charge on any atom is -0.493 e. The van der Waals surface area contributed by atoms with Gasteiger partial charge >= 0.3 is 0 Å². The zero-order chi connectivity index (χ0) is 15.1. The maximum Gasteiger partial charge on any atom is 0.124 e. The number of hydrogen-bond donors (Lipinski definition) is 1. The van der Waals surface area contributed by atoms with Crippen LogP contribution in [-0.4, -0.2) is 6.61 Å². The molecule has 2 heteroatoms. The average molecular weight is 285 g/mol. The van der Waals surface area contributed by atoms with Crippen LogP contribution in [0.5, 0.6) is 5.75 Å². The monoisotopic (exact) mass is 285 g/mol. The van der Waals surface area contributed by atoms with Crippen LogP contribution in [0.15, 0.2) is 36.4 Å². The number of hydrogen-bond acceptors (Lipinski definition) is 2. The van der Waals surface area contributed by atoms with Gasteiger partial charge in [-0.2, -0.15) is 0 Å². The van der Waals surface area contributed by atoms with E-state index in [0.717, 1.165) is 17.9 Å². The van der Waals surface area contributed by atoms with Crippen LogP contribution in [0.2, 0.25) is 0 Å². The van der Waals surface area contributed by atoms with E-state index in [9.17, 15) is 0 Å². The standard InChI is InChI=1S/C19H27NO/c1-3-5-8-15(4-2)14-21-19-12-11-16-9-6-7-10-17(16)18(19)13-20/h6-7,9-12,15H,3-5,8,13-14,20H2,1-2H3. The summed E-state index contributed by atoms with van der Waals surface area (Å²) in [6.07, 6.45) is 4.95. The molecule has 0 radical (unpaired) electrons. The highest BCUT2D eigenvalue weighted by Crippen LogP contribution is 2.28. The summed E-state index contributed by atoms with van der Waals surface area (Å²) in [6.45, 7) is 5.79. The lowest BCUT2D eigenvalue weighted by atomic mass is 10.00. The lowest BCUT2D eigenvalue weighted by Crippen LogP contribution is -2.13. The Morgan fingerprint density at radius 1 is 1.10 bits per heavy atom. The second-order valence-electron chi connectivity index (χ2n) is 5.70. The fourth-order valence-electron chi connectivity index (χ4n) is 2.77. The molecular formula is C19H27NO. The van der Waals surface area contributed by atoms with E-state index in [2.05, 4.69) is 50.2 Å². The molecule has 0 aromatic heterocycles. The molecule has 2 aromatic carbocycles. The third-order valence-corrected chi connectivity index (χ3v) is 4.22. The van der Waals surface area contributed by atoms with Crippen molar-refractivity contribution in [3.63, 3.8) is 0 Å². The van der Waals surface area contributed by atoms with E-state index in [1.165, 1.54) is 36.5 Å². The van der Waals surface area contributed by atoms with E-state index in [-0.39, 0.29) is 0 Å². The Balaban J connectivity index is 2.14. The van der Waals surface area contributed by atoms with Crippen molar-refractivity contribution in [2.75, 3.05) is 6.61 Å². The third-order valence-electron chi connectivity index (χ3n) is 4.22. The molecule has 2 aromatic rings. The molecule has 1 unspecified atom stereocenters. The van der Waals surface area contributed by atoms with Gasteiger partial charge in [0.15, 0.2) is 0 Å². The van der Waals surface area contributed by atoms with Gasteiger partial charge in [-0.3, -0.25) is 0 Å². The van der Waals surface area contributed by atoms with Crippen LogP contribution in [-0.2, 0) is 6.54 Å². The summed E-state index contributed by atoms with van der Waals surface area (Å²) in [6, 6.07) is 12.5. The van der Waals surface area contributed by atoms with Gasteiger partial charge in [0.05, 0.1) is 6.61 Å². The van der Waals surface area contributed by atoms with Gasteiger partial charge in [0.1, 0.15) is 5.75 Å². The van der Waals surface area contributed by atoms with Crippen LogP contribution in [0.4, 0.5) is 0 Å². The van der Waals surface area contributed by atoms with Crippen molar-refractivity contribution in [3.05, 3.63) is 42.0 Å². The van der Waals surface area contributed by atoms with Gasteiger partial charge < -0.3 is 10.5 Å². The first kappa shape index (κ1) is 15.8. The predicted octanol–water partition coefficient (Wildman–Crippen LogP) is 4.89. The maximum absolute atomic E-state index is 6.11. The van der Waals surface area contributed by atoms with Gasteiger partial charge in [-0.15, -0.1) is 0 Å². The Labute approximate surface area is 128 Å². The van der Waals surface area contributed by atoms with E-state index < -0.39 is 0 Å². The van der Waals surface area contributed by atoms with Crippen molar-refractivity contribution in [3.8, 4) is 5.75 Å². The lowest BCUT2D eigenvalue weighted by molar-refractivity contribution is 0.232. The Morgan fingerprint density at radius 2 is 1.90 bits per heavy atom. The minimum atomic E-state index is 0.516. The molecule has 114 valence electrons. The SMILES string of the molecule is CCCCC(CC)COc1ccc2ccccc2c1CN. The van der Waals surface area contributed by atoms with Crippen molar-refractivity contribution in [2.45, 2.75) is 46.1 Å². The summed E-state index contributed by atoms with van der Waals surface area (Å²) < 4.78 is 6.11. The van der Waals surface area contributed by atoms with Gasteiger partial charge in [-0.25, -0.2) is 0 Å². The van der Waals surface area contributed by atoms with Crippen LogP contribution in [0, 0.1) is 5.92 Å². The summed E-state index contributed by atoms with van der Waals surface area (Å²) in [4.78, 5) is 0. The van der Waals surface area contributed by atoms with E-state index in [1.807, 2.05) is 0 Å². The average Bonchev–Trinajstić information content (AvgIpc) is 2.54. The van der Waals surface area contributed by atoms with Crippen molar-refractivity contribution >= 4 is 10.8 Å². The molecule has 2 rings (SSSR count). The zero-order valence-corrected chi connectivity index (χ0v) is 13.3. The highest BCUT2D eigenvalue weighted by atomic mass is 16.5. The molecule has 0 fully saturated rings. The molecule has 0 saturated heterocycles. The second kappa shape index (κ2) is 8.04. The van der Waals surface area contributed by atoms with E-state index in [1.54, 1.807) is 0 Å². The van der Waals surface area contributed by atoms with Crippen molar-refractivity contribution < 1.29 is 4.74 Å². The molecule has 0 heterocycles. The smallest absolute Gasteiger partial charge is 0.124 e. The van der Waals surface area contributed by atoms with Gasteiger partial charge in [0.2, 0.25) is 0 Å². The second-order valence-corrected chi connectivity index (χ2v) is 5.70. The number of nitrogens with two attached hydrogens (primary N) is 1. The molecule has 0 bridgehead atoms. The molecule has 2 N–H and O–H groups in total. The topological polar surface area (TPSA) is 35.2 Å². The third kappa shape index (κ3) is 3.98. The Kier molecular flexibility index (Phi) is 6.06. The van der Waals surface area contributed by atoms with Crippen molar-refractivity contribution in [2.24, 2.45) is 11.7 Å². The molecule has 0 aliphatic heterocycles.